The van der Waals surface area contributed by atoms with Crippen LogP contribution < -0.4 is 0 Å². The molecule has 2 aromatic rings. The molecule has 2 atom stereocenters. The molecular weight excluding hydrogens is 379 g/mol. The van der Waals surface area contributed by atoms with E-state index in [1.165, 1.54) is 23.2 Å². The number of ether oxygens (including phenoxy) is 1. The minimum Gasteiger partial charge on any atom is -0.481 e. The Kier molecular flexibility index (Phi) is 4.35. The molecule has 27 heavy (non-hydrogen) atoms. The number of rotatable bonds is 3. The Balaban J connectivity index is 1.59. The Morgan fingerprint density at radius 1 is 1.41 bits per heavy atom. The highest BCUT2D eigenvalue weighted by atomic mass is 35.5. The van der Waals surface area contributed by atoms with E-state index < -0.39 is 23.1 Å². The van der Waals surface area contributed by atoms with Gasteiger partial charge >= 0.3 is 5.97 Å². The third kappa shape index (κ3) is 2.87. The summed E-state index contributed by atoms with van der Waals surface area (Å²) in [5.41, 5.74) is -0.919. The standard InChI is InChI=1S/C17H16ClFN4O4/c18-11-2-1-3-13(14(11)19)23-7-12(20-21-23)15(24)22-6-10-8-27-5-4-17(10,9-22)16(25)26/h1-3,7,10H,4-6,8-9H2,(H,25,26)/t10-,17+/m0/s1. The van der Waals surface area contributed by atoms with E-state index in [0.717, 1.165) is 4.68 Å². The third-order valence-corrected chi connectivity index (χ3v) is 5.60. The SMILES string of the molecule is O=C(c1cn(-c2cccc(Cl)c2F)nn1)N1C[C@H]2COCC[C@@]2(C(=O)O)C1. The molecule has 0 aliphatic carbocycles. The van der Waals surface area contributed by atoms with Crippen molar-refractivity contribution >= 4 is 23.5 Å². The fourth-order valence-corrected chi connectivity index (χ4v) is 3.93. The van der Waals surface area contributed by atoms with Crippen LogP contribution in [-0.4, -0.2) is 63.2 Å². The van der Waals surface area contributed by atoms with Crippen LogP contribution in [0, 0.1) is 17.2 Å². The Labute approximate surface area is 158 Å². The summed E-state index contributed by atoms with van der Waals surface area (Å²) < 4.78 is 20.7. The lowest BCUT2D eigenvalue weighted by Gasteiger charge is -2.33. The van der Waals surface area contributed by atoms with Crippen molar-refractivity contribution in [2.75, 3.05) is 26.3 Å². The number of aromatic nitrogens is 3. The second-order valence-electron chi connectivity index (χ2n) is 6.79. The second kappa shape index (κ2) is 6.58. The highest BCUT2D eigenvalue weighted by Gasteiger charge is 2.55. The fraction of sp³-hybridized carbons (Fsp3) is 0.412. The molecular formula is C17H16ClFN4O4. The van der Waals surface area contributed by atoms with E-state index in [4.69, 9.17) is 16.3 Å². The van der Waals surface area contributed by atoms with Crippen molar-refractivity contribution in [2.24, 2.45) is 11.3 Å². The number of aliphatic carboxylic acids is 1. The summed E-state index contributed by atoms with van der Waals surface area (Å²) in [4.78, 5) is 26.1. The average Bonchev–Trinajstić information content (AvgIpc) is 3.28. The molecule has 8 nitrogen and oxygen atoms in total. The van der Waals surface area contributed by atoms with Crippen LogP contribution in [0.15, 0.2) is 24.4 Å². The Bertz CT molecular complexity index is 920. The topological polar surface area (TPSA) is 97.5 Å². The lowest BCUT2D eigenvalue weighted by atomic mass is 9.74. The number of carbonyl (C=O) groups is 2. The van der Waals surface area contributed by atoms with E-state index in [9.17, 15) is 19.1 Å². The van der Waals surface area contributed by atoms with E-state index in [1.54, 1.807) is 6.07 Å². The number of carboxylic acids is 1. The zero-order valence-electron chi connectivity index (χ0n) is 14.1. The van der Waals surface area contributed by atoms with Gasteiger partial charge < -0.3 is 14.7 Å². The van der Waals surface area contributed by atoms with Gasteiger partial charge in [0.2, 0.25) is 0 Å². The van der Waals surface area contributed by atoms with Crippen molar-refractivity contribution in [1.82, 2.24) is 19.9 Å². The minimum absolute atomic E-state index is 0.00878. The van der Waals surface area contributed by atoms with Gasteiger partial charge in [0.25, 0.3) is 5.91 Å². The van der Waals surface area contributed by atoms with Crippen molar-refractivity contribution < 1.29 is 23.8 Å². The minimum atomic E-state index is -0.997. The van der Waals surface area contributed by atoms with Crippen LogP contribution in [-0.2, 0) is 9.53 Å². The van der Waals surface area contributed by atoms with Gasteiger partial charge in [-0.2, -0.15) is 0 Å². The summed E-state index contributed by atoms with van der Waals surface area (Å²) in [6, 6.07) is 4.43. The van der Waals surface area contributed by atoms with Crippen LogP contribution in [0.4, 0.5) is 4.39 Å². The summed E-state index contributed by atoms with van der Waals surface area (Å²) in [7, 11) is 0. The molecule has 0 saturated carbocycles. The van der Waals surface area contributed by atoms with Crippen LogP contribution in [0.25, 0.3) is 5.69 Å². The van der Waals surface area contributed by atoms with Crippen molar-refractivity contribution in [3.63, 3.8) is 0 Å². The number of amides is 1. The number of nitrogens with zero attached hydrogens (tertiary/aromatic N) is 4. The first-order chi connectivity index (χ1) is 12.9. The Morgan fingerprint density at radius 2 is 2.22 bits per heavy atom. The van der Waals surface area contributed by atoms with Crippen LogP contribution in [0.5, 0.6) is 0 Å². The number of hydrogen-bond acceptors (Lipinski definition) is 5. The van der Waals surface area contributed by atoms with E-state index in [1.807, 2.05) is 0 Å². The first kappa shape index (κ1) is 17.9. The van der Waals surface area contributed by atoms with Crippen LogP contribution in [0.3, 0.4) is 0 Å². The molecule has 1 N–H and O–H groups in total. The van der Waals surface area contributed by atoms with Crippen molar-refractivity contribution in [2.45, 2.75) is 6.42 Å². The van der Waals surface area contributed by atoms with E-state index in [0.29, 0.717) is 19.6 Å². The molecule has 1 aromatic carbocycles. The highest BCUT2D eigenvalue weighted by Crippen LogP contribution is 2.42. The van der Waals surface area contributed by atoms with Crippen molar-refractivity contribution in [3.05, 3.63) is 40.9 Å². The molecule has 2 aliphatic heterocycles. The highest BCUT2D eigenvalue weighted by molar-refractivity contribution is 6.30. The maximum Gasteiger partial charge on any atom is 0.311 e. The van der Waals surface area contributed by atoms with E-state index >= 15 is 0 Å². The Hall–Kier alpha value is -2.52. The molecule has 2 fully saturated rings. The first-order valence-corrected chi connectivity index (χ1v) is 8.77. The molecule has 2 aliphatic rings. The van der Waals surface area contributed by atoms with Gasteiger partial charge in [-0.15, -0.1) is 5.10 Å². The molecule has 1 amide bonds. The zero-order chi connectivity index (χ0) is 19.2. The molecule has 2 saturated heterocycles. The van der Waals surface area contributed by atoms with Gasteiger partial charge in [0, 0.05) is 25.6 Å². The molecule has 0 radical (unpaired) electrons. The molecule has 3 heterocycles. The summed E-state index contributed by atoms with van der Waals surface area (Å²) in [5.74, 6) is -2.31. The number of hydrogen-bond donors (Lipinski definition) is 1. The maximum atomic E-state index is 14.1. The van der Waals surface area contributed by atoms with Gasteiger partial charge in [0.15, 0.2) is 11.5 Å². The summed E-state index contributed by atoms with van der Waals surface area (Å²) in [5, 5.41) is 17.3. The second-order valence-corrected chi connectivity index (χ2v) is 7.20. The van der Waals surface area contributed by atoms with E-state index in [2.05, 4.69) is 10.3 Å². The lowest BCUT2D eigenvalue weighted by molar-refractivity contribution is -0.157. The van der Waals surface area contributed by atoms with Crippen molar-refractivity contribution in [3.8, 4) is 5.69 Å². The van der Waals surface area contributed by atoms with Gasteiger partial charge in [-0.1, -0.05) is 22.9 Å². The number of likely N-dealkylation sites (tertiary alicyclic amines) is 1. The van der Waals surface area contributed by atoms with Gasteiger partial charge in [-0.25, -0.2) is 9.07 Å². The third-order valence-electron chi connectivity index (χ3n) is 5.31. The smallest absolute Gasteiger partial charge is 0.311 e. The van der Waals surface area contributed by atoms with Gasteiger partial charge in [0.05, 0.1) is 23.2 Å². The first-order valence-electron chi connectivity index (χ1n) is 8.39. The predicted octanol–water partition coefficient (Wildman–Crippen LogP) is 1.62. The summed E-state index contributed by atoms with van der Waals surface area (Å²) in [6.45, 7) is 1.02. The van der Waals surface area contributed by atoms with Crippen LogP contribution >= 0.6 is 11.6 Å². The summed E-state index contributed by atoms with van der Waals surface area (Å²) >= 11 is 5.77. The van der Waals surface area contributed by atoms with Gasteiger partial charge in [0.1, 0.15) is 5.69 Å². The molecule has 4 rings (SSSR count). The van der Waals surface area contributed by atoms with Crippen LogP contribution in [0.1, 0.15) is 16.9 Å². The number of carboxylic acid groups (broad SMARTS) is 1. The molecule has 142 valence electrons. The molecule has 0 unspecified atom stereocenters. The predicted molar refractivity (Wildman–Crippen MR) is 91.2 cm³/mol. The molecule has 0 bridgehead atoms. The fourth-order valence-electron chi connectivity index (χ4n) is 3.77. The lowest BCUT2D eigenvalue weighted by Crippen LogP contribution is -2.45. The number of carbonyl (C=O) groups excluding carboxylic acids is 1. The van der Waals surface area contributed by atoms with Gasteiger partial charge in [-0.05, 0) is 18.6 Å². The average molecular weight is 395 g/mol. The Morgan fingerprint density at radius 3 is 2.96 bits per heavy atom. The van der Waals surface area contributed by atoms with Gasteiger partial charge in [-0.3, -0.25) is 9.59 Å². The maximum absolute atomic E-state index is 14.1. The zero-order valence-corrected chi connectivity index (χ0v) is 14.9. The van der Waals surface area contributed by atoms with Crippen molar-refractivity contribution in [1.29, 1.82) is 0 Å². The van der Waals surface area contributed by atoms with Crippen LogP contribution in [0.2, 0.25) is 5.02 Å². The van der Waals surface area contributed by atoms with E-state index in [-0.39, 0.29) is 35.4 Å². The monoisotopic (exact) mass is 394 g/mol. The number of benzene rings is 1. The quantitative estimate of drug-likeness (QED) is 0.849. The normalized spacial score (nSPS) is 24.7. The number of halogens is 2. The number of fused-ring (bicyclic) bond motifs is 1. The molecule has 10 heteroatoms. The summed E-state index contributed by atoms with van der Waals surface area (Å²) in [6.07, 6.45) is 1.67. The largest absolute Gasteiger partial charge is 0.481 e. The molecule has 1 aromatic heterocycles. The molecule has 0 spiro atoms.